The van der Waals surface area contributed by atoms with Gasteiger partial charge in [-0.2, -0.15) is 0 Å². The number of ether oxygens (including phenoxy) is 4. The summed E-state index contributed by atoms with van der Waals surface area (Å²) in [5, 5.41) is 19.1. The molecule has 0 spiro atoms. The summed E-state index contributed by atoms with van der Waals surface area (Å²) in [6.45, 7) is 23.7. The Labute approximate surface area is 506 Å². The number of halogens is 1. The number of ketones is 1. The van der Waals surface area contributed by atoms with Gasteiger partial charge in [0, 0.05) is 61.8 Å². The molecule has 1 saturated heterocycles. The number of aryl methyl sites for hydroxylation is 1. The highest BCUT2D eigenvalue weighted by Gasteiger charge is 2.45. The quantitative estimate of drug-likeness (QED) is 0.0185. The number of hydrogen-bond acceptors (Lipinski definition) is 14. The third-order valence-electron chi connectivity index (χ3n) is 14.3. The van der Waals surface area contributed by atoms with Crippen LogP contribution >= 0.6 is 20.2 Å². The van der Waals surface area contributed by atoms with Gasteiger partial charge < -0.3 is 49.0 Å². The van der Waals surface area contributed by atoms with Gasteiger partial charge in [-0.25, -0.2) is 19.3 Å². The maximum Gasteiger partial charge on any atom is 0.416 e. The summed E-state index contributed by atoms with van der Waals surface area (Å²) in [6, 6.07) is 18.6. The zero-order chi connectivity index (χ0) is 61.8. The van der Waals surface area contributed by atoms with Gasteiger partial charge in [-0.05, 0) is 154 Å². The number of hydrogen-bond donors (Lipinski definition) is 3. The number of Topliss-reactive ketones (excluding diaryl/α,β-unsaturated/α-hetero) is 1. The molecule has 4 atom stereocenters. The van der Waals surface area contributed by atoms with Crippen LogP contribution in [0.4, 0.5) is 25.8 Å². The Kier molecular flexibility index (Phi) is 22.7. The van der Waals surface area contributed by atoms with Gasteiger partial charge in [-0.3, -0.25) is 23.4 Å². The number of alkyl halides is 1. The monoisotopic (exact) mass is 1210 g/mol. The Morgan fingerprint density at radius 1 is 0.824 bits per heavy atom. The Hall–Kier alpha value is -6.50. The van der Waals surface area contributed by atoms with Crippen molar-refractivity contribution in [1.82, 2.24) is 15.5 Å². The fourth-order valence-corrected chi connectivity index (χ4v) is 12.0. The maximum absolute atomic E-state index is 14.2. The van der Waals surface area contributed by atoms with Crippen LogP contribution in [0.3, 0.4) is 0 Å². The van der Waals surface area contributed by atoms with Crippen LogP contribution in [0.1, 0.15) is 159 Å². The summed E-state index contributed by atoms with van der Waals surface area (Å²) in [5.74, 6) is 0.654. The molecular weight excluding hydrogens is 1130 g/mol. The predicted molar refractivity (Wildman–Crippen MR) is 329 cm³/mol. The number of aliphatic hydroxyl groups is 1. The van der Waals surface area contributed by atoms with Gasteiger partial charge in [0.2, 0.25) is 5.91 Å². The molecule has 0 aliphatic carbocycles. The van der Waals surface area contributed by atoms with Gasteiger partial charge in [0.05, 0.1) is 46.8 Å². The van der Waals surface area contributed by atoms with Gasteiger partial charge >= 0.3 is 26.9 Å². The zero-order valence-electron chi connectivity index (χ0n) is 50.9. The molecule has 3 aliphatic heterocycles. The van der Waals surface area contributed by atoms with Crippen molar-refractivity contribution in [3.8, 4) is 11.5 Å². The molecule has 0 radical (unpaired) electrons. The number of carbonyl (C=O) groups is 6. The SMILES string of the molecule is C=CCOC(=O)N[C@@H](CCCCNC(=O)OC(C)(C)C)C(=O)Cc1ccc(COC(=O)N2c3cc(OCCCCCC(=O)N4C[C@@H](CCl)c5c4cc(OP(OC(C)(C)C)OC(C)(C)C)c4ccccc54)c(C)cc3C(=O)N3CCC[C@H]3C2O)cc1. The molecule has 3 aliphatic rings. The molecule has 462 valence electrons. The summed E-state index contributed by atoms with van der Waals surface area (Å²) >= 11 is 6.61. The minimum atomic E-state index is -1.83. The van der Waals surface area contributed by atoms with E-state index in [1.54, 1.807) is 62.1 Å². The third-order valence-corrected chi connectivity index (χ3v) is 16.4. The molecule has 4 aromatic rings. The lowest BCUT2D eigenvalue weighted by Crippen LogP contribution is -2.50. The van der Waals surface area contributed by atoms with Crippen LogP contribution in [0.25, 0.3) is 10.8 Å². The lowest BCUT2D eigenvalue weighted by atomic mass is 9.95. The highest BCUT2D eigenvalue weighted by molar-refractivity contribution is 7.42. The van der Waals surface area contributed by atoms with Crippen molar-refractivity contribution in [2.24, 2.45) is 0 Å². The molecule has 85 heavy (non-hydrogen) atoms. The van der Waals surface area contributed by atoms with E-state index in [1.165, 1.54) is 6.08 Å². The van der Waals surface area contributed by atoms with Crippen LogP contribution in [0.5, 0.6) is 11.5 Å². The molecule has 3 heterocycles. The van der Waals surface area contributed by atoms with Crippen LogP contribution in [-0.2, 0) is 45.9 Å². The van der Waals surface area contributed by atoms with Crippen molar-refractivity contribution in [2.75, 3.05) is 48.5 Å². The molecular formula is C64H85ClN5O14P. The lowest BCUT2D eigenvalue weighted by Gasteiger charge is -2.31. The van der Waals surface area contributed by atoms with E-state index in [0.717, 1.165) is 26.9 Å². The number of rotatable bonds is 25. The van der Waals surface area contributed by atoms with Crippen LogP contribution < -0.4 is 29.7 Å². The first kappa shape index (κ1) is 66.0. The normalized spacial score (nSPS) is 17.2. The van der Waals surface area contributed by atoms with Crippen molar-refractivity contribution in [3.05, 3.63) is 107 Å². The zero-order valence-corrected chi connectivity index (χ0v) is 52.5. The van der Waals surface area contributed by atoms with E-state index >= 15 is 0 Å². The number of benzene rings is 4. The van der Waals surface area contributed by atoms with Gasteiger partial charge in [-0.15, -0.1) is 11.6 Å². The van der Waals surface area contributed by atoms with Gasteiger partial charge in [-0.1, -0.05) is 61.2 Å². The maximum atomic E-state index is 14.2. The third kappa shape index (κ3) is 18.3. The first-order chi connectivity index (χ1) is 40.2. The first-order valence-corrected chi connectivity index (χ1v) is 31.0. The molecule has 19 nitrogen and oxygen atoms in total. The minimum Gasteiger partial charge on any atom is -0.493 e. The molecule has 0 bridgehead atoms. The van der Waals surface area contributed by atoms with Crippen LogP contribution in [0.2, 0.25) is 0 Å². The number of nitrogens with one attached hydrogen (secondary N) is 2. The molecule has 3 N–H and O–H groups in total. The summed E-state index contributed by atoms with van der Waals surface area (Å²) in [6.07, 6.45) is 2.48. The highest BCUT2D eigenvalue weighted by Crippen LogP contribution is 2.52. The Morgan fingerprint density at radius 2 is 1.51 bits per heavy atom. The van der Waals surface area contributed by atoms with Crippen molar-refractivity contribution in [2.45, 2.75) is 181 Å². The Morgan fingerprint density at radius 3 is 2.18 bits per heavy atom. The molecule has 1 fully saturated rings. The summed E-state index contributed by atoms with van der Waals surface area (Å²) in [7, 11) is -1.83. The van der Waals surface area contributed by atoms with E-state index in [2.05, 4.69) is 17.2 Å². The Balaban J connectivity index is 0.964. The average molecular weight is 1210 g/mol. The van der Waals surface area contributed by atoms with E-state index in [-0.39, 0.29) is 67.4 Å². The number of amides is 5. The van der Waals surface area contributed by atoms with Crippen LogP contribution in [-0.4, -0.2) is 120 Å². The molecule has 5 amide bonds. The van der Waals surface area contributed by atoms with E-state index in [0.29, 0.717) is 105 Å². The van der Waals surface area contributed by atoms with E-state index in [9.17, 15) is 33.9 Å². The highest BCUT2D eigenvalue weighted by atomic mass is 35.5. The standard InChI is InChI=1S/C64H85ClN5O14P/c1-12-32-79-60(76)67-48(23-17-18-30-66-59(75)81-62(3,4)5)52(71)35-42-26-28-43(29-27-42)40-80-61(77)70-50-36-53(41(2)34-47(50)57(73)68-31-20-24-49(68)58(70)74)78-33-19-13-14-25-55(72)69-39-44(38-65)56-46-22-16-15-21-45(46)54(37-51(56)69)82-85(83-63(6,7)8)84-64(9,10)11/h12,15-16,21-22,26-29,34,36-37,44,48-49,58,74H,1,13-14,17-20,23-25,30-33,35,38-40H2,2-11H3,(H,66,75)(H,67,76)/t44-,48+,49+,58?/m1/s1. The second-order valence-corrected chi connectivity index (χ2v) is 26.0. The molecule has 4 aromatic carbocycles. The summed E-state index contributed by atoms with van der Waals surface area (Å²) < 4.78 is 41.7. The summed E-state index contributed by atoms with van der Waals surface area (Å²) in [4.78, 5) is 85.3. The summed E-state index contributed by atoms with van der Waals surface area (Å²) in [5.41, 5.74) is 2.37. The second-order valence-electron chi connectivity index (χ2n) is 24.7. The van der Waals surface area contributed by atoms with Crippen LogP contribution in [0.15, 0.2) is 79.4 Å². The minimum absolute atomic E-state index is 0.0144. The fourth-order valence-electron chi connectivity index (χ4n) is 10.4. The van der Waals surface area contributed by atoms with Crippen molar-refractivity contribution in [3.63, 3.8) is 0 Å². The Bertz CT molecular complexity index is 3010. The molecule has 1 unspecified atom stereocenters. The van der Waals surface area contributed by atoms with Crippen molar-refractivity contribution >= 4 is 78.2 Å². The number of carbonyl (C=O) groups excluding carboxylic acids is 6. The number of anilines is 2. The number of fused-ring (bicyclic) bond motifs is 5. The van der Waals surface area contributed by atoms with Crippen molar-refractivity contribution in [1.29, 1.82) is 0 Å². The van der Waals surface area contributed by atoms with E-state index < -0.39 is 62.0 Å². The van der Waals surface area contributed by atoms with Crippen molar-refractivity contribution < 1.29 is 66.4 Å². The first-order valence-electron chi connectivity index (χ1n) is 29.4. The largest absolute Gasteiger partial charge is 0.493 e. The van der Waals surface area contributed by atoms with E-state index in [1.807, 2.05) is 83.7 Å². The number of nitrogens with zero attached hydrogens (tertiary/aromatic N) is 3. The topological polar surface area (TPSA) is 221 Å². The van der Waals surface area contributed by atoms with Gasteiger partial charge in [0.25, 0.3) is 5.91 Å². The molecule has 21 heteroatoms. The predicted octanol–water partition coefficient (Wildman–Crippen LogP) is 12.9. The van der Waals surface area contributed by atoms with Gasteiger partial charge in [0.15, 0.2) is 12.0 Å². The van der Waals surface area contributed by atoms with Crippen LogP contribution in [0, 0.1) is 6.92 Å². The number of alkyl carbamates (subject to hydrolysis) is 2. The number of aliphatic hydroxyl groups excluding tert-OH is 1. The molecule has 0 aromatic heterocycles. The fraction of sp³-hybridized carbons (Fsp3) is 0.531. The molecule has 7 rings (SSSR count). The average Bonchev–Trinajstić information content (AvgIpc) is 1.78. The lowest BCUT2D eigenvalue weighted by molar-refractivity contribution is -0.120. The smallest absolute Gasteiger partial charge is 0.416 e. The van der Waals surface area contributed by atoms with Gasteiger partial charge in [0.1, 0.15) is 30.3 Å². The number of unbranched alkanes of at least 4 members (excludes halogenated alkanes) is 3. The molecule has 0 saturated carbocycles. The van der Waals surface area contributed by atoms with E-state index in [4.69, 9.17) is 44.1 Å². The second kappa shape index (κ2) is 29.3.